The molecule has 0 radical (unpaired) electrons. The van der Waals surface area contributed by atoms with Gasteiger partial charge in [0.2, 0.25) is 0 Å². The van der Waals surface area contributed by atoms with Crippen LogP contribution in [0.5, 0.6) is 0 Å². The Morgan fingerprint density at radius 1 is 0.923 bits per heavy atom. The van der Waals surface area contributed by atoms with Crippen LogP contribution in [0.2, 0.25) is 19.1 Å². The summed E-state index contributed by atoms with van der Waals surface area (Å²) < 4.78 is 0. The third-order valence-corrected chi connectivity index (χ3v) is 4.91. The van der Waals surface area contributed by atoms with Gasteiger partial charge in [0, 0.05) is 8.80 Å². The second-order valence-corrected chi connectivity index (χ2v) is 8.06. The van der Waals surface area contributed by atoms with Crippen LogP contribution in [0.4, 0.5) is 0 Å². The summed E-state index contributed by atoms with van der Waals surface area (Å²) in [7, 11) is -0.424. The fourth-order valence-electron chi connectivity index (χ4n) is 2.26. The van der Waals surface area contributed by atoms with Crippen molar-refractivity contribution < 1.29 is 0 Å². The molecule has 1 heteroatoms. The highest BCUT2D eigenvalue weighted by Crippen LogP contribution is 2.39. The Kier molecular flexibility index (Phi) is 3.17. The predicted octanol–water partition coefficient (Wildman–Crippen LogP) is 3.78. The quantitative estimate of drug-likeness (QED) is 0.587. The van der Waals surface area contributed by atoms with Crippen molar-refractivity contribution >= 4 is 8.80 Å². The minimum Gasteiger partial charge on any atom is -0.0722 e. The molecular formula is C12H22Si. The fourth-order valence-corrected chi connectivity index (χ4v) is 3.91. The lowest BCUT2D eigenvalue weighted by Gasteiger charge is -2.16. The molecule has 0 atom stereocenters. The largest absolute Gasteiger partial charge is 0.0722 e. The minimum atomic E-state index is -0.424. The average molecular weight is 194 g/mol. The van der Waals surface area contributed by atoms with Crippen LogP contribution >= 0.6 is 0 Å². The summed E-state index contributed by atoms with van der Waals surface area (Å²) in [4.78, 5) is 0. The molecule has 1 rings (SSSR count). The van der Waals surface area contributed by atoms with Gasteiger partial charge in [0.1, 0.15) is 0 Å². The van der Waals surface area contributed by atoms with Crippen molar-refractivity contribution in [1.82, 2.24) is 0 Å². The Labute approximate surface area is 84.3 Å². The normalized spacial score (nSPS) is 19.6. The third-order valence-electron chi connectivity index (χ3n) is 3.50. The standard InChI is InChI=1S/C12H22Si/c1-8-9(2)11(4)12(10(8)3)7-13(5)6/h12-13H,7H2,1-6H3. The van der Waals surface area contributed by atoms with Gasteiger partial charge in [-0.1, -0.05) is 24.2 Å². The molecular weight excluding hydrogens is 172 g/mol. The van der Waals surface area contributed by atoms with E-state index < -0.39 is 8.80 Å². The highest BCUT2D eigenvalue weighted by Gasteiger charge is 2.24. The highest BCUT2D eigenvalue weighted by molar-refractivity contribution is 6.55. The molecule has 0 amide bonds. The molecule has 0 heterocycles. The molecule has 13 heavy (non-hydrogen) atoms. The molecule has 0 N–H and O–H groups in total. The molecule has 0 unspecified atom stereocenters. The van der Waals surface area contributed by atoms with Gasteiger partial charge in [-0.05, 0) is 50.8 Å². The first-order chi connectivity index (χ1) is 5.95. The van der Waals surface area contributed by atoms with Crippen molar-refractivity contribution in [3.8, 4) is 0 Å². The molecule has 0 nitrogen and oxygen atoms in total. The first-order valence-corrected chi connectivity index (χ1v) is 8.42. The van der Waals surface area contributed by atoms with Crippen molar-refractivity contribution in [2.24, 2.45) is 5.92 Å². The lowest BCUT2D eigenvalue weighted by molar-refractivity contribution is 0.803. The summed E-state index contributed by atoms with van der Waals surface area (Å²) in [6.45, 7) is 14.1. The van der Waals surface area contributed by atoms with Crippen molar-refractivity contribution in [2.45, 2.75) is 46.8 Å². The van der Waals surface area contributed by atoms with E-state index in [1.807, 2.05) is 0 Å². The second kappa shape index (κ2) is 3.83. The second-order valence-electron chi connectivity index (χ2n) is 4.80. The van der Waals surface area contributed by atoms with Gasteiger partial charge in [-0.3, -0.25) is 0 Å². The van der Waals surface area contributed by atoms with E-state index in [0.717, 1.165) is 5.92 Å². The van der Waals surface area contributed by atoms with Crippen LogP contribution in [0.25, 0.3) is 0 Å². The van der Waals surface area contributed by atoms with Crippen molar-refractivity contribution in [2.75, 3.05) is 0 Å². The summed E-state index contributed by atoms with van der Waals surface area (Å²) in [5, 5.41) is 0. The zero-order valence-electron chi connectivity index (χ0n) is 9.86. The van der Waals surface area contributed by atoms with E-state index >= 15 is 0 Å². The maximum absolute atomic E-state index is 2.45. The van der Waals surface area contributed by atoms with Crippen LogP contribution in [0.3, 0.4) is 0 Å². The van der Waals surface area contributed by atoms with Gasteiger partial charge in [-0.15, -0.1) is 0 Å². The summed E-state index contributed by atoms with van der Waals surface area (Å²) >= 11 is 0. The molecule has 0 aromatic carbocycles. The maximum atomic E-state index is 2.45. The van der Waals surface area contributed by atoms with Gasteiger partial charge >= 0.3 is 0 Å². The molecule has 0 saturated carbocycles. The number of rotatable bonds is 2. The molecule has 0 spiro atoms. The van der Waals surface area contributed by atoms with E-state index in [4.69, 9.17) is 0 Å². The van der Waals surface area contributed by atoms with Gasteiger partial charge < -0.3 is 0 Å². The first kappa shape index (κ1) is 10.8. The van der Waals surface area contributed by atoms with Gasteiger partial charge in [0.15, 0.2) is 0 Å². The van der Waals surface area contributed by atoms with E-state index in [1.165, 1.54) is 6.04 Å². The Morgan fingerprint density at radius 3 is 1.62 bits per heavy atom. The first-order valence-electron chi connectivity index (χ1n) is 5.30. The summed E-state index contributed by atoms with van der Waals surface area (Å²) in [5.41, 5.74) is 6.38. The third kappa shape index (κ3) is 1.96. The van der Waals surface area contributed by atoms with Crippen LogP contribution in [0, 0.1) is 5.92 Å². The minimum absolute atomic E-state index is 0.424. The van der Waals surface area contributed by atoms with Crippen molar-refractivity contribution in [3.05, 3.63) is 22.3 Å². The monoisotopic (exact) mass is 194 g/mol. The van der Waals surface area contributed by atoms with E-state index in [1.54, 1.807) is 22.3 Å². The number of hydrogen-bond donors (Lipinski definition) is 0. The fraction of sp³-hybridized carbons (Fsp3) is 0.667. The van der Waals surface area contributed by atoms with Gasteiger partial charge in [-0.25, -0.2) is 0 Å². The Bertz CT molecular complexity index is 245. The molecule has 0 fully saturated rings. The van der Waals surface area contributed by atoms with Crippen molar-refractivity contribution in [1.29, 1.82) is 0 Å². The summed E-state index contributed by atoms with van der Waals surface area (Å²) in [5.74, 6) is 0.798. The molecule has 1 aliphatic carbocycles. The van der Waals surface area contributed by atoms with Crippen LogP contribution in [0.15, 0.2) is 22.3 Å². The molecule has 0 aliphatic heterocycles. The van der Waals surface area contributed by atoms with Gasteiger partial charge in [-0.2, -0.15) is 0 Å². The maximum Gasteiger partial charge on any atom is 0.0314 e. The van der Waals surface area contributed by atoms with Crippen LogP contribution < -0.4 is 0 Å². The summed E-state index contributed by atoms with van der Waals surface area (Å²) in [6, 6.07) is 1.45. The Hall–Kier alpha value is -0.303. The van der Waals surface area contributed by atoms with E-state index in [0.29, 0.717) is 0 Å². The molecule has 74 valence electrons. The van der Waals surface area contributed by atoms with E-state index in [2.05, 4.69) is 40.8 Å². The van der Waals surface area contributed by atoms with E-state index in [-0.39, 0.29) is 0 Å². The van der Waals surface area contributed by atoms with Gasteiger partial charge in [0.25, 0.3) is 0 Å². The molecule has 1 aliphatic rings. The Morgan fingerprint density at radius 2 is 1.31 bits per heavy atom. The predicted molar refractivity (Wildman–Crippen MR) is 63.9 cm³/mol. The van der Waals surface area contributed by atoms with E-state index in [9.17, 15) is 0 Å². The smallest absolute Gasteiger partial charge is 0.0314 e. The summed E-state index contributed by atoms with van der Waals surface area (Å²) in [6.07, 6.45) is 0. The van der Waals surface area contributed by atoms with Crippen LogP contribution in [-0.4, -0.2) is 8.80 Å². The van der Waals surface area contributed by atoms with Crippen LogP contribution in [-0.2, 0) is 0 Å². The SMILES string of the molecule is CC1=C(C)C(C[SiH](C)C)C(C)=C1C. The lowest BCUT2D eigenvalue weighted by Crippen LogP contribution is -2.10. The average Bonchev–Trinajstić information content (AvgIpc) is 2.22. The molecule has 0 bridgehead atoms. The topological polar surface area (TPSA) is 0 Å². The lowest BCUT2D eigenvalue weighted by atomic mass is 9.99. The zero-order chi connectivity index (χ0) is 10.2. The Balaban J connectivity index is 2.89. The number of hydrogen-bond acceptors (Lipinski definition) is 0. The molecule has 0 saturated heterocycles. The van der Waals surface area contributed by atoms with Crippen LogP contribution in [0.1, 0.15) is 27.7 Å². The molecule has 0 aromatic heterocycles. The number of allylic oxidation sites excluding steroid dienone is 4. The van der Waals surface area contributed by atoms with Crippen molar-refractivity contribution in [3.63, 3.8) is 0 Å². The van der Waals surface area contributed by atoms with Gasteiger partial charge in [0.05, 0.1) is 0 Å². The highest BCUT2D eigenvalue weighted by atomic mass is 28.3. The molecule has 0 aromatic rings. The zero-order valence-corrected chi connectivity index (χ0v) is 11.0.